The third kappa shape index (κ3) is 3.33. The molecule has 1 N–H and O–H groups in total. The molecule has 0 atom stereocenters. The van der Waals surface area contributed by atoms with Crippen LogP contribution in [0.1, 0.15) is 16.8 Å². The summed E-state index contributed by atoms with van der Waals surface area (Å²) in [5.74, 6) is 0.801. The molecule has 2 rings (SSSR count). The molecular weight excluding hydrogens is 244 g/mol. The van der Waals surface area contributed by atoms with Crippen LogP contribution in [0.2, 0.25) is 0 Å². The molecule has 1 aromatic heterocycles. The highest BCUT2D eigenvalue weighted by molar-refractivity contribution is 7.98. The molecule has 90 valence electrons. The average Bonchev–Trinajstić information content (AvgIpc) is 2.46. The predicted octanol–water partition coefficient (Wildman–Crippen LogP) is 2.74. The van der Waals surface area contributed by atoms with Crippen molar-refractivity contribution in [1.29, 1.82) is 5.26 Å². The Bertz CT molecular complexity index is 561. The molecule has 0 aliphatic carbocycles. The monoisotopic (exact) mass is 256 g/mol. The van der Waals surface area contributed by atoms with Crippen molar-refractivity contribution >= 4 is 11.8 Å². The smallest absolute Gasteiger partial charge is 0.140 e. The van der Waals surface area contributed by atoms with E-state index in [0.29, 0.717) is 5.69 Å². The summed E-state index contributed by atoms with van der Waals surface area (Å²) in [7, 11) is 0. The summed E-state index contributed by atoms with van der Waals surface area (Å²) >= 11 is 1.69. The Kier molecular flexibility index (Phi) is 4.35. The number of thioether (sulfide) groups is 1. The van der Waals surface area contributed by atoms with Gasteiger partial charge < -0.3 is 5.11 Å². The van der Waals surface area contributed by atoms with Crippen LogP contribution in [-0.4, -0.2) is 10.1 Å². The van der Waals surface area contributed by atoms with Crippen LogP contribution in [-0.2, 0) is 12.4 Å². The predicted molar refractivity (Wildman–Crippen MR) is 70.9 cm³/mol. The standard InChI is InChI=1S/C14H12N2OS/c15-8-13-7-12(5-6-16-13)10-18-14-3-1-11(9-17)2-4-14/h1-7,17H,9-10H2. The number of benzene rings is 1. The maximum absolute atomic E-state index is 8.95. The highest BCUT2D eigenvalue weighted by Crippen LogP contribution is 2.23. The van der Waals surface area contributed by atoms with E-state index >= 15 is 0 Å². The highest BCUT2D eigenvalue weighted by atomic mass is 32.2. The van der Waals surface area contributed by atoms with Gasteiger partial charge in [0.2, 0.25) is 0 Å². The second-order valence-electron chi connectivity index (χ2n) is 3.75. The molecule has 0 spiro atoms. The van der Waals surface area contributed by atoms with E-state index in [1.165, 1.54) is 0 Å². The van der Waals surface area contributed by atoms with Crippen molar-refractivity contribution in [3.8, 4) is 6.07 Å². The molecule has 3 nitrogen and oxygen atoms in total. The van der Waals surface area contributed by atoms with Crippen LogP contribution in [0.15, 0.2) is 47.5 Å². The lowest BCUT2D eigenvalue weighted by Gasteiger charge is -2.03. The lowest BCUT2D eigenvalue weighted by molar-refractivity contribution is 0.282. The number of hydrogen-bond acceptors (Lipinski definition) is 4. The van der Waals surface area contributed by atoms with E-state index in [0.717, 1.165) is 21.8 Å². The fourth-order valence-electron chi connectivity index (χ4n) is 1.48. The average molecular weight is 256 g/mol. The lowest BCUT2D eigenvalue weighted by Crippen LogP contribution is -1.86. The maximum atomic E-state index is 8.95. The van der Waals surface area contributed by atoms with Gasteiger partial charge in [0.1, 0.15) is 11.8 Å². The van der Waals surface area contributed by atoms with Crippen molar-refractivity contribution in [2.75, 3.05) is 0 Å². The van der Waals surface area contributed by atoms with Crippen molar-refractivity contribution < 1.29 is 5.11 Å². The zero-order valence-corrected chi connectivity index (χ0v) is 10.5. The molecule has 18 heavy (non-hydrogen) atoms. The van der Waals surface area contributed by atoms with Gasteiger partial charge in [-0.15, -0.1) is 11.8 Å². The van der Waals surface area contributed by atoms with Gasteiger partial charge in [0.15, 0.2) is 0 Å². The van der Waals surface area contributed by atoms with Crippen LogP contribution in [0, 0.1) is 11.3 Å². The number of nitrogens with zero attached hydrogens (tertiary/aromatic N) is 2. The molecule has 0 radical (unpaired) electrons. The first-order valence-electron chi connectivity index (χ1n) is 5.49. The van der Waals surface area contributed by atoms with Crippen LogP contribution in [0.25, 0.3) is 0 Å². The van der Waals surface area contributed by atoms with E-state index < -0.39 is 0 Å². The van der Waals surface area contributed by atoms with Gasteiger partial charge in [-0.2, -0.15) is 5.26 Å². The minimum atomic E-state index is 0.0703. The second-order valence-corrected chi connectivity index (χ2v) is 4.80. The number of pyridine rings is 1. The number of aliphatic hydroxyl groups is 1. The topological polar surface area (TPSA) is 56.9 Å². The number of hydrogen-bond donors (Lipinski definition) is 1. The lowest BCUT2D eigenvalue weighted by atomic mass is 10.2. The van der Waals surface area contributed by atoms with Gasteiger partial charge >= 0.3 is 0 Å². The largest absolute Gasteiger partial charge is 0.392 e. The van der Waals surface area contributed by atoms with Gasteiger partial charge in [0.05, 0.1) is 6.61 Å². The molecular formula is C14H12N2OS. The van der Waals surface area contributed by atoms with Crippen molar-refractivity contribution in [2.45, 2.75) is 17.3 Å². The molecule has 4 heteroatoms. The Balaban J connectivity index is 2.00. The molecule has 0 saturated heterocycles. The van der Waals surface area contributed by atoms with Crippen LogP contribution in [0.4, 0.5) is 0 Å². The molecule has 1 heterocycles. The minimum absolute atomic E-state index is 0.0703. The van der Waals surface area contributed by atoms with E-state index in [9.17, 15) is 0 Å². The third-order valence-corrected chi connectivity index (χ3v) is 3.53. The van der Waals surface area contributed by atoms with E-state index in [-0.39, 0.29) is 6.61 Å². The second kappa shape index (κ2) is 6.20. The van der Waals surface area contributed by atoms with Crippen LogP contribution in [0.3, 0.4) is 0 Å². The van der Waals surface area contributed by atoms with Crippen molar-refractivity contribution in [1.82, 2.24) is 4.98 Å². The van der Waals surface area contributed by atoms with Gasteiger partial charge in [-0.25, -0.2) is 4.98 Å². The first kappa shape index (κ1) is 12.6. The summed E-state index contributed by atoms with van der Waals surface area (Å²) in [6.07, 6.45) is 1.66. The number of nitriles is 1. The van der Waals surface area contributed by atoms with E-state index in [1.807, 2.05) is 36.4 Å². The fraction of sp³-hybridized carbons (Fsp3) is 0.143. The zero-order valence-electron chi connectivity index (χ0n) is 9.71. The minimum Gasteiger partial charge on any atom is -0.392 e. The zero-order chi connectivity index (χ0) is 12.8. The summed E-state index contributed by atoms with van der Waals surface area (Å²) in [5.41, 5.74) is 2.44. The van der Waals surface area contributed by atoms with Gasteiger partial charge in [-0.1, -0.05) is 12.1 Å². The summed E-state index contributed by atoms with van der Waals surface area (Å²) < 4.78 is 0. The quantitative estimate of drug-likeness (QED) is 0.855. The molecule has 0 bridgehead atoms. The number of aliphatic hydroxyl groups excluding tert-OH is 1. The maximum Gasteiger partial charge on any atom is 0.140 e. The van der Waals surface area contributed by atoms with E-state index in [1.54, 1.807) is 24.0 Å². The number of rotatable bonds is 4. The fourth-order valence-corrected chi connectivity index (χ4v) is 2.32. The third-order valence-electron chi connectivity index (χ3n) is 2.45. The molecule has 2 aromatic rings. The van der Waals surface area contributed by atoms with Crippen molar-refractivity contribution in [2.24, 2.45) is 0 Å². The van der Waals surface area contributed by atoms with Crippen LogP contribution >= 0.6 is 11.8 Å². The van der Waals surface area contributed by atoms with Gasteiger partial charge in [-0.05, 0) is 35.4 Å². The molecule has 0 saturated carbocycles. The summed E-state index contributed by atoms with van der Waals surface area (Å²) in [6, 6.07) is 13.5. The van der Waals surface area contributed by atoms with Gasteiger partial charge in [0, 0.05) is 16.8 Å². The van der Waals surface area contributed by atoms with E-state index in [4.69, 9.17) is 10.4 Å². The number of aromatic nitrogens is 1. The Morgan fingerprint density at radius 3 is 2.61 bits per heavy atom. The first-order chi connectivity index (χ1) is 8.81. The van der Waals surface area contributed by atoms with Gasteiger partial charge in [-0.3, -0.25) is 0 Å². The summed E-state index contributed by atoms with van der Waals surface area (Å²) in [6.45, 7) is 0.0703. The summed E-state index contributed by atoms with van der Waals surface area (Å²) in [4.78, 5) is 5.08. The molecule has 0 aliphatic rings. The van der Waals surface area contributed by atoms with Crippen molar-refractivity contribution in [3.05, 3.63) is 59.4 Å². The van der Waals surface area contributed by atoms with Crippen LogP contribution < -0.4 is 0 Å². The van der Waals surface area contributed by atoms with Crippen LogP contribution in [0.5, 0.6) is 0 Å². The molecule has 0 fully saturated rings. The Morgan fingerprint density at radius 2 is 1.94 bits per heavy atom. The normalized spacial score (nSPS) is 10.0. The van der Waals surface area contributed by atoms with Gasteiger partial charge in [0.25, 0.3) is 0 Å². The molecule has 0 aliphatic heterocycles. The molecule has 0 amide bonds. The molecule has 0 unspecified atom stereocenters. The van der Waals surface area contributed by atoms with Crippen molar-refractivity contribution in [3.63, 3.8) is 0 Å². The summed E-state index contributed by atoms with van der Waals surface area (Å²) in [5, 5.41) is 17.7. The van der Waals surface area contributed by atoms with E-state index in [2.05, 4.69) is 4.98 Å². The molecule has 1 aromatic carbocycles. The Labute approximate surface area is 110 Å². The first-order valence-corrected chi connectivity index (χ1v) is 6.48. The SMILES string of the molecule is N#Cc1cc(CSc2ccc(CO)cc2)ccn1. The Hall–Kier alpha value is -1.83. The highest BCUT2D eigenvalue weighted by Gasteiger charge is 1.99. The Morgan fingerprint density at radius 1 is 1.17 bits per heavy atom.